The number of hydrogen-bond acceptors (Lipinski definition) is 4. The van der Waals surface area contributed by atoms with E-state index in [9.17, 15) is 26.4 Å². The molecule has 0 spiro atoms. The molecule has 0 saturated heterocycles. The van der Waals surface area contributed by atoms with Gasteiger partial charge in [-0.15, -0.1) is 4.83 Å². The van der Waals surface area contributed by atoms with Gasteiger partial charge in [-0.3, -0.25) is 10.2 Å². The predicted molar refractivity (Wildman–Crippen MR) is 127 cm³/mol. The van der Waals surface area contributed by atoms with Crippen molar-refractivity contribution in [2.24, 2.45) is 0 Å². The van der Waals surface area contributed by atoms with Gasteiger partial charge in [-0.25, -0.2) is 13.1 Å². The van der Waals surface area contributed by atoms with E-state index in [0.717, 1.165) is 16.3 Å². The molecule has 2 N–H and O–H groups in total. The molecule has 3 rings (SSSR count). The second-order valence-corrected chi connectivity index (χ2v) is 10.7. The van der Waals surface area contributed by atoms with Crippen LogP contribution in [0.15, 0.2) is 59.5 Å². The number of hydrogen-bond donors (Lipinski definition) is 2. The Hall–Kier alpha value is -2.18. The molecule has 12 heteroatoms. The van der Waals surface area contributed by atoms with E-state index in [4.69, 9.17) is 0 Å². The van der Waals surface area contributed by atoms with Crippen molar-refractivity contribution in [3.8, 4) is 16.9 Å². The molecular formula is C24H28F3N4NaO3S. The number of carbonyl (C=O) groups is 1. The molecule has 0 unspecified atom stereocenters. The van der Waals surface area contributed by atoms with Gasteiger partial charge in [0.1, 0.15) is 0 Å². The van der Waals surface area contributed by atoms with Crippen LogP contribution in [-0.2, 0) is 26.4 Å². The average molecular weight is 533 g/mol. The van der Waals surface area contributed by atoms with Crippen LogP contribution in [0.3, 0.4) is 0 Å². The van der Waals surface area contributed by atoms with Gasteiger partial charge < -0.3 is 1.43 Å². The van der Waals surface area contributed by atoms with Crippen LogP contribution in [-0.4, -0.2) is 24.1 Å². The zero-order valence-corrected chi connectivity index (χ0v) is 23.6. The minimum Gasteiger partial charge on any atom is -1.00 e. The Balaban J connectivity index is 0.00000342. The third-order valence-electron chi connectivity index (χ3n) is 5.24. The molecular weight excluding hydrogens is 504 g/mol. The number of amides is 1. The average Bonchev–Trinajstić information content (AvgIpc) is 3.24. The number of rotatable bonds is 7. The Labute approximate surface area is 232 Å². The van der Waals surface area contributed by atoms with E-state index in [1.165, 1.54) is 24.3 Å². The van der Waals surface area contributed by atoms with Crippen molar-refractivity contribution in [3.05, 3.63) is 65.9 Å². The monoisotopic (exact) mass is 532 g/mol. The van der Waals surface area contributed by atoms with Crippen LogP contribution in [0, 0.1) is 0 Å². The molecule has 1 aromatic heterocycles. The molecule has 0 bridgehead atoms. The maximum Gasteiger partial charge on any atom is 1.00 e. The van der Waals surface area contributed by atoms with Crippen molar-refractivity contribution in [2.45, 2.75) is 57.0 Å². The molecule has 0 saturated carbocycles. The second-order valence-electron chi connectivity index (χ2n) is 9.05. The van der Waals surface area contributed by atoms with Crippen molar-refractivity contribution in [1.29, 1.82) is 0 Å². The first-order valence-corrected chi connectivity index (χ1v) is 12.4. The van der Waals surface area contributed by atoms with Crippen LogP contribution >= 0.6 is 0 Å². The van der Waals surface area contributed by atoms with Gasteiger partial charge in [-0.2, -0.15) is 18.3 Å². The van der Waals surface area contributed by atoms with Crippen molar-refractivity contribution in [1.82, 2.24) is 20.0 Å². The maximum atomic E-state index is 13.5. The summed E-state index contributed by atoms with van der Waals surface area (Å²) in [7, 11) is -4.06. The van der Waals surface area contributed by atoms with E-state index in [2.05, 4.69) is 10.5 Å². The van der Waals surface area contributed by atoms with Crippen molar-refractivity contribution in [2.75, 3.05) is 0 Å². The molecule has 190 valence electrons. The second kappa shape index (κ2) is 11.5. The van der Waals surface area contributed by atoms with E-state index in [1.807, 2.05) is 37.7 Å². The van der Waals surface area contributed by atoms with Crippen molar-refractivity contribution >= 4 is 15.9 Å². The molecule has 2 aromatic carbocycles. The third-order valence-corrected chi connectivity index (χ3v) is 6.50. The van der Waals surface area contributed by atoms with E-state index in [0.29, 0.717) is 12.0 Å². The first-order valence-electron chi connectivity index (χ1n) is 10.9. The molecule has 0 fully saturated rings. The summed E-state index contributed by atoms with van der Waals surface area (Å²) in [5, 5.41) is 3.74. The van der Waals surface area contributed by atoms with Crippen LogP contribution in [0.1, 0.15) is 53.2 Å². The zero-order chi connectivity index (χ0) is 26.0. The summed E-state index contributed by atoms with van der Waals surface area (Å²) in [5.74, 6) is -0.481. The molecule has 0 radical (unpaired) electrons. The van der Waals surface area contributed by atoms with Gasteiger partial charge in [-0.1, -0.05) is 52.0 Å². The third kappa shape index (κ3) is 7.19. The number of nitrogens with one attached hydrogen (secondary N) is 2. The molecule has 0 aliphatic rings. The zero-order valence-electron chi connectivity index (χ0n) is 21.8. The SMILES string of the molecule is CCCC(=O)NNS(=O)(=O)c1ccc(-n2nc(C(F)(F)F)cc2-c2ccc(C(C)(C)C)cc2)cc1.[H-].[Na+]. The quantitative estimate of drug-likeness (QED) is 0.360. The van der Waals surface area contributed by atoms with Crippen LogP contribution in [0.4, 0.5) is 13.2 Å². The smallest absolute Gasteiger partial charge is 1.00 e. The first kappa shape index (κ1) is 30.0. The fraction of sp³-hybridized carbons (Fsp3) is 0.333. The largest absolute Gasteiger partial charge is 1.00 e. The molecule has 36 heavy (non-hydrogen) atoms. The molecule has 3 aromatic rings. The Kier molecular flexibility index (Phi) is 9.58. The molecule has 1 amide bonds. The van der Waals surface area contributed by atoms with Gasteiger partial charge in [0.15, 0.2) is 5.69 Å². The number of halogens is 3. The molecule has 1 heterocycles. The van der Waals surface area contributed by atoms with Gasteiger partial charge in [-0.05, 0) is 47.7 Å². The fourth-order valence-corrected chi connectivity index (χ4v) is 4.16. The van der Waals surface area contributed by atoms with Crippen LogP contribution in [0.2, 0.25) is 0 Å². The summed E-state index contributed by atoms with van der Waals surface area (Å²) in [4.78, 5) is 13.4. The number of benzene rings is 2. The fourth-order valence-electron chi connectivity index (χ4n) is 3.30. The van der Waals surface area contributed by atoms with E-state index in [-0.39, 0.29) is 59.1 Å². The van der Waals surface area contributed by atoms with Gasteiger partial charge in [0, 0.05) is 12.0 Å². The van der Waals surface area contributed by atoms with Gasteiger partial charge in [0.05, 0.1) is 16.3 Å². The number of carbonyl (C=O) groups excluding carboxylic acids is 1. The van der Waals surface area contributed by atoms with Gasteiger partial charge in [0.2, 0.25) is 5.91 Å². The molecule has 0 atom stereocenters. The first-order chi connectivity index (χ1) is 16.2. The number of hydrazine groups is 1. The summed E-state index contributed by atoms with van der Waals surface area (Å²) in [6, 6.07) is 13.3. The van der Waals surface area contributed by atoms with Crippen LogP contribution in [0.25, 0.3) is 16.9 Å². The summed E-state index contributed by atoms with van der Waals surface area (Å²) in [6.07, 6.45) is -3.95. The Bertz CT molecular complexity index is 1300. The summed E-state index contributed by atoms with van der Waals surface area (Å²) >= 11 is 0. The molecule has 7 nitrogen and oxygen atoms in total. The molecule has 0 aliphatic heterocycles. The Morgan fingerprint density at radius 2 is 1.61 bits per heavy atom. The van der Waals surface area contributed by atoms with Crippen molar-refractivity contribution in [3.63, 3.8) is 0 Å². The van der Waals surface area contributed by atoms with Crippen LogP contribution < -0.4 is 39.8 Å². The van der Waals surface area contributed by atoms with Gasteiger partial charge in [0.25, 0.3) is 10.0 Å². The summed E-state index contributed by atoms with van der Waals surface area (Å²) in [5.41, 5.74) is 2.92. The van der Waals surface area contributed by atoms with E-state index >= 15 is 0 Å². The number of aromatic nitrogens is 2. The Morgan fingerprint density at radius 1 is 1.03 bits per heavy atom. The summed E-state index contributed by atoms with van der Waals surface area (Å²) < 4.78 is 66.4. The standard InChI is InChI=1S/C24H27F3N4O3S.Na.H/c1-5-6-22(32)28-30-35(33,34)19-13-11-18(12-14-19)31-20(15-21(29-31)24(25,26)27)16-7-9-17(10-8-16)23(2,3)4;;/h7-15,30H,5-6H2,1-4H3,(H,28,32);;/q;+1;-1. The molecule has 0 aliphatic carbocycles. The number of alkyl halides is 3. The topological polar surface area (TPSA) is 93.1 Å². The van der Waals surface area contributed by atoms with Gasteiger partial charge >= 0.3 is 35.7 Å². The van der Waals surface area contributed by atoms with Crippen LogP contribution in [0.5, 0.6) is 0 Å². The normalized spacial score (nSPS) is 12.2. The van der Waals surface area contributed by atoms with Crippen molar-refractivity contribution < 1.29 is 57.4 Å². The number of nitrogens with zero attached hydrogens (tertiary/aromatic N) is 2. The van der Waals surface area contributed by atoms with E-state index < -0.39 is 27.8 Å². The minimum absolute atomic E-state index is 0. The predicted octanol–water partition coefficient (Wildman–Crippen LogP) is 2.08. The Morgan fingerprint density at radius 3 is 2.11 bits per heavy atom. The van der Waals surface area contributed by atoms with E-state index in [1.54, 1.807) is 19.1 Å². The maximum absolute atomic E-state index is 13.5. The minimum atomic E-state index is -4.66. The summed E-state index contributed by atoms with van der Waals surface area (Å²) in [6.45, 7) is 7.88. The number of sulfonamides is 1.